The maximum Gasteiger partial charge on any atom is 0.186 e. The Morgan fingerprint density at radius 3 is 2.37 bits per heavy atom. The fourth-order valence-corrected chi connectivity index (χ4v) is 3.96. The highest BCUT2D eigenvalue weighted by Gasteiger charge is 2.23. The summed E-state index contributed by atoms with van der Waals surface area (Å²) in [6.45, 7) is 6.08. The van der Waals surface area contributed by atoms with Crippen LogP contribution in [0.5, 0.6) is 11.5 Å². The zero-order chi connectivity index (χ0) is 24.6. The zero-order valence-corrected chi connectivity index (χ0v) is 20.6. The number of unbranched alkanes of at least 4 members (excludes halogenated alkanes) is 1. The van der Waals surface area contributed by atoms with Crippen LogP contribution in [0.3, 0.4) is 0 Å². The van der Waals surface area contributed by atoms with Crippen LogP contribution in [0.15, 0.2) is 54.9 Å². The van der Waals surface area contributed by atoms with Crippen LogP contribution in [0.2, 0.25) is 0 Å². The Labute approximate surface area is 206 Å². The van der Waals surface area contributed by atoms with Crippen molar-refractivity contribution in [3.05, 3.63) is 77.2 Å². The predicted molar refractivity (Wildman–Crippen MR) is 135 cm³/mol. The van der Waals surface area contributed by atoms with Gasteiger partial charge in [-0.05, 0) is 48.6 Å². The van der Waals surface area contributed by atoms with E-state index in [1.54, 1.807) is 13.4 Å². The Kier molecular flexibility index (Phi) is 8.15. The number of aryl methyl sites for hydroxylation is 3. The molecule has 35 heavy (non-hydrogen) atoms. The molecular formula is C27H33N5O3. The fourth-order valence-electron chi connectivity index (χ4n) is 3.96. The summed E-state index contributed by atoms with van der Waals surface area (Å²) in [7, 11) is 1.66. The van der Waals surface area contributed by atoms with E-state index < -0.39 is 0 Å². The lowest BCUT2D eigenvalue weighted by molar-refractivity contribution is 0.282. The van der Waals surface area contributed by atoms with E-state index in [0.717, 1.165) is 59.1 Å². The molecule has 8 heteroatoms. The van der Waals surface area contributed by atoms with E-state index in [0.29, 0.717) is 19.7 Å². The maximum absolute atomic E-state index is 9.31. The topological polar surface area (TPSA) is 87.2 Å². The van der Waals surface area contributed by atoms with E-state index in [2.05, 4.69) is 17.1 Å². The van der Waals surface area contributed by atoms with Crippen LogP contribution < -0.4 is 9.47 Å². The Morgan fingerprint density at radius 1 is 0.971 bits per heavy atom. The molecule has 1 N–H and O–H groups in total. The third-order valence-electron chi connectivity index (χ3n) is 5.97. The first kappa shape index (κ1) is 24.5. The molecule has 2 aromatic heterocycles. The Hall–Kier alpha value is -3.65. The van der Waals surface area contributed by atoms with Gasteiger partial charge in [-0.25, -0.2) is 0 Å². The summed E-state index contributed by atoms with van der Waals surface area (Å²) in [5, 5.41) is 22.8. The monoisotopic (exact) mass is 475 g/mol. The highest BCUT2D eigenvalue weighted by Crippen LogP contribution is 2.33. The van der Waals surface area contributed by atoms with Gasteiger partial charge in [0.25, 0.3) is 0 Å². The summed E-state index contributed by atoms with van der Waals surface area (Å²) in [4.78, 5) is 0. The fraction of sp³-hybridized carbons (Fsp3) is 0.370. The standard InChI is InChI=1S/C27H33N5O3/c1-4-5-16-35-26-20(2)30-32(15-14-21-6-8-23(18-33)9-7-21)25(26)27-29-28-19-31(27)17-22-10-12-24(34-3)13-11-22/h6-13,19,33H,4-5,14-18H2,1-3H3. The van der Waals surface area contributed by atoms with Crippen LogP contribution >= 0.6 is 0 Å². The lowest BCUT2D eigenvalue weighted by Crippen LogP contribution is -2.10. The number of benzene rings is 2. The summed E-state index contributed by atoms with van der Waals surface area (Å²) < 4.78 is 15.5. The number of hydrogen-bond donors (Lipinski definition) is 1. The number of aromatic nitrogens is 5. The summed E-state index contributed by atoms with van der Waals surface area (Å²) in [5.41, 5.74) is 4.88. The summed E-state index contributed by atoms with van der Waals surface area (Å²) in [6, 6.07) is 16.0. The number of nitrogens with zero attached hydrogens (tertiary/aromatic N) is 5. The number of ether oxygens (including phenoxy) is 2. The van der Waals surface area contributed by atoms with Crippen LogP contribution in [0.4, 0.5) is 0 Å². The Morgan fingerprint density at radius 2 is 1.69 bits per heavy atom. The summed E-state index contributed by atoms with van der Waals surface area (Å²) in [5.74, 6) is 2.31. The first-order valence-electron chi connectivity index (χ1n) is 12.0. The molecule has 0 aliphatic rings. The van der Waals surface area contributed by atoms with E-state index >= 15 is 0 Å². The third-order valence-corrected chi connectivity index (χ3v) is 5.97. The second-order valence-corrected chi connectivity index (χ2v) is 8.54. The largest absolute Gasteiger partial charge is 0.497 e. The van der Waals surface area contributed by atoms with Crippen molar-refractivity contribution in [2.75, 3.05) is 13.7 Å². The van der Waals surface area contributed by atoms with Gasteiger partial charge in [0.2, 0.25) is 0 Å². The van der Waals surface area contributed by atoms with Gasteiger partial charge in [0.15, 0.2) is 11.6 Å². The average Bonchev–Trinajstić information content (AvgIpc) is 3.46. The lowest BCUT2D eigenvalue weighted by atomic mass is 10.1. The number of methoxy groups -OCH3 is 1. The number of rotatable bonds is 12. The molecule has 0 fully saturated rings. The quantitative estimate of drug-likeness (QED) is 0.305. The van der Waals surface area contributed by atoms with E-state index in [-0.39, 0.29) is 6.61 Å². The molecule has 0 saturated heterocycles. The molecule has 2 aromatic carbocycles. The molecular weight excluding hydrogens is 442 g/mol. The van der Waals surface area contributed by atoms with Crippen molar-refractivity contribution in [1.82, 2.24) is 24.5 Å². The minimum Gasteiger partial charge on any atom is -0.497 e. The van der Waals surface area contributed by atoms with Gasteiger partial charge in [-0.3, -0.25) is 4.68 Å². The van der Waals surface area contributed by atoms with Crippen molar-refractivity contribution in [2.24, 2.45) is 0 Å². The van der Waals surface area contributed by atoms with Gasteiger partial charge in [0.05, 0.1) is 26.9 Å². The van der Waals surface area contributed by atoms with E-state index in [1.807, 2.05) is 64.7 Å². The van der Waals surface area contributed by atoms with Gasteiger partial charge in [-0.1, -0.05) is 49.7 Å². The molecule has 0 bridgehead atoms. The normalized spacial score (nSPS) is 11.1. The zero-order valence-electron chi connectivity index (χ0n) is 20.6. The second kappa shape index (κ2) is 11.7. The van der Waals surface area contributed by atoms with Crippen LogP contribution in [-0.4, -0.2) is 43.4 Å². The van der Waals surface area contributed by atoms with Crippen molar-refractivity contribution in [3.8, 4) is 23.0 Å². The second-order valence-electron chi connectivity index (χ2n) is 8.54. The third kappa shape index (κ3) is 5.89. The molecule has 0 atom stereocenters. The molecule has 4 aromatic rings. The van der Waals surface area contributed by atoms with Gasteiger partial charge in [0.1, 0.15) is 23.5 Å². The van der Waals surface area contributed by atoms with Gasteiger partial charge in [0, 0.05) is 6.54 Å². The lowest BCUT2D eigenvalue weighted by Gasteiger charge is -2.13. The molecule has 0 amide bonds. The first-order chi connectivity index (χ1) is 17.1. The van der Waals surface area contributed by atoms with Crippen LogP contribution in [-0.2, 0) is 26.1 Å². The van der Waals surface area contributed by atoms with Crippen LogP contribution in [0.1, 0.15) is 42.1 Å². The smallest absolute Gasteiger partial charge is 0.186 e. The van der Waals surface area contributed by atoms with E-state index in [1.165, 1.54) is 5.56 Å². The summed E-state index contributed by atoms with van der Waals surface area (Å²) >= 11 is 0. The van der Waals surface area contributed by atoms with Crippen LogP contribution in [0.25, 0.3) is 11.5 Å². The minimum atomic E-state index is 0.0467. The van der Waals surface area contributed by atoms with Gasteiger partial charge < -0.3 is 19.1 Å². The van der Waals surface area contributed by atoms with Crippen LogP contribution in [0, 0.1) is 6.92 Å². The highest BCUT2D eigenvalue weighted by atomic mass is 16.5. The summed E-state index contributed by atoms with van der Waals surface area (Å²) in [6.07, 6.45) is 4.57. The van der Waals surface area contributed by atoms with Crippen molar-refractivity contribution in [3.63, 3.8) is 0 Å². The predicted octanol–water partition coefficient (Wildman–Crippen LogP) is 4.42. The number of hydrogen-bond acceptors (Lipinski definition) is 6. The highest BCUT2D eigenvalue weighted by molar-refractivity contribution is 5.62. The first-order valence-corrected chi connectivity index (χ1v) is 12.0. The molecule has 0 aliphatic heterocycles. The van der Waals surface area contributed by atoms with Gasteiger partial charge in [-0.2, -0.15) is 5.10 Å². The van der Waals surface area contributed by atoms with Gasteiger partial charge >= 0.3 is 0 Å². The molecule has 0 spiro atoms. The molecule has 184 valence electrons. The molecule has 8 nitrogen and oxygen atoms in total. The van der Waals surface area contributed by atoms with Crippen molar-refractivity contribution >= 4 is 0 Å². The average molecular weight is 476 g/mol. The van der Waals surface area contributed by atoms with Crippen molar-refractivity contribution in [2.45, 2.75) is 52.8 Å². The van der Waals surface area contributed by atoms with E-state index in [9.17, 15) is 5.11 Å². The molecule has 0 radical (unpaired) electrons. The molecule has 0 aliphatic carbocycles. The van der Waals surface area contributed by atoms with Crippen molar-refractivity contribution in [1.29, 1.82) is 0 Å². The molecule has 4 rings (SSSR count). The maximum atomic E-state index is 9.31. The number of aliphatic hydroxyl groups is 1. The van der Waals surface area contributed by atoms with Gasteiger partial charge in [-0.15, -0.1) is 10.2 Å². The molecule has 0 unspecified atom stereocenters. The number of aliphatic hydroxyl groups excluding tert-OH is 1. The van der Waals surface area contributed by atoms with Crippen molar-refractivity contribution < 1.29 is 14.6 Å². The molecule has 2 heterocycles. The SMILES string of the molecule is CCCCOc1c(C)nn(CCc2ccc(CO)cc2)c1-c1nncn1Cc1ccc(OC)cc1. The van der Waals surface area contributed by atoms with E-state index in [4.69, 9.17) is 14.6 Å². The Bertz CT molecular complexity index is 1210. The molecule has 0 saturated carbocycles. The Balaban J connectivity index is 1.64. The minimum absolute atomic E-state index is 0.0467.